The summed E-state index contributed by atoms with van der Waals surface area (Å²) in [5, 5.41) is 0. The van der Waals surface area contributed by atoms with Gasteiger partial charge in [0.1, 0.15) is 5.75 Å². The summed E-state index contributed by atoms with van der Waals surface area (Å²) in [5.74, 6) is -0.173. The van der Waals surface area contributed by atoms with E-state index in [9.17, 15) is 9.59 Å². The maximum Gasteiger partial charge on any atom is 0.246 e. The lowest BCUT2D eigenvalue weighted by Gasteiger charge is -2.06. The summed E-state index contributed by atoms with van der Waals surface area (Å²) in [6.45, 7) is 2.11. The predicted octanol–water partition coefficient (Wildman–Crippen LogP) is 0.687. The quantitative estimate of drug-likeness (QED) is 0.535. The Bertz CT molecular complexity index is 417. The molecule has 1 aromatic carbocycles. The minimum absolute atomic E-state index is 0.255. The van der Waals surface area contributed by atoms with Crippen molar-refractivity contribution in [3.8, 4) is 5.75 Å². The fourth-order valence-electron chi connectivity index (χ4n) is 1.30. The number of hydrogen-bond donors (Lipinski definition) is 2. The minimum atomic E-state index is -0.636. The first-order chi connectivity index (χ1) is 9.08. The number of primary amides is 1. The Morgan fingerprint density at radius 1 is 1.26 bits per heavy atom. The van der Waals surface area contributed by atoms with Crippen LogP contribution in [0.15, 0.2) is 24.3 Å². The lowest BCUT2D eigenvalue weighted by atomic mass is 10.2. The predicted molar refractivity (Wildman–Crippen MR) is 69.2 cm³/mol. The van der Waals surface area contributed by atoms with Crippen LogP contribution in [0.2, 0.25) is 0 Å². The molecule has 0 aliphatic heterocycles. The van der Waals surface area contributed by atoms with Crippen molar-refractivity contribution in [2.45, 2.75) is 19.8 Å². The first-order valence-corrected chi connectivity index (χ1v) is 5.96. The van der Waals surface area contributed by atoms with Gasteiger partial charge in [-0.15, -0.1) is 0 Å². The van der Waals surface area contributed by atoms with E-state index in [1.807, 2.05) is 31.2 Å². The topological polar surface area (TPSA) is 90.7 Å². The molecule has 0 saturated heterocycles. The van der Waals surface area contributed by atoms with Crippen LogP contribution in [0.3, 0.4) is 0 Å². The average Bonchev–Trinajstić information content (AvgIpc) is 2.36. The van der Waals surface area contributed by atoms with Gasteiger partial charge in [0.25, 0.3) is 0 Å². The molecule has 0 heterocycles. The van der Waals surface area contributed by atoms with Crippen LogP contribution in [0.4, 0.5) is 0 Å². The number of hydrogen-bond acceptors (Lipinski definition) is 4. The van der Waals surface area contributed by atoms with Gasteiger partial charge in [-0.2, -0.15) is 0 Å². The fraction of sp³-hybridized carbons (Fsp3) is 0.385. The molecule has 6 heteroatoms. The summed E-state index contributed by atoms with van der Waals surface area (Å²) >= 11 is 0. The van der Waals surface area contributed by atoms with Gasteiger partial charge < -0.3 is 10.5 Å². The number of carbonyl (C=O) groups excluding carboxylic acids is 2. The van der Waals surface area contributed by atoms with E-state index in [0.717, 1.165) is 5.75 Å². The molecule has 0 spiro atoms. The van der Waals surface area contributed by atoms with Crippen LogP contribution in [-0.4, -0.2) is 25.0 Å². The molecular formula is C13H18N2O4. The Balaban J connectivity index is 2.08. The highest BCUT2D eigenvalue weighted by atomic mass is 16.7. The second-order valence-electron chi connectivity index (χ2n) is 4.05. The van der Waals surface area contributed by atoms with Crippen molar-refractivity contribution in [3.05, 3.63) is 29.8 Å². The average molecular weight is 266 g/mol. The lowest BCUT2D eigenvalue weighted by Crippen LogP contribution is -2.29. The number of carbonyl (C=O) groups is 2. The molecule has 1 aromatic rings. The fourth-order valence-corrected chi connectivity index (χ4v) is 1.30. The van der Waals surface area contributed by atoms with Crippen LogP contribution in [-0.2, 0) is 14.4 Å². The largest absolute Gasteiger partial charge is 0.494 e. The highest BCUT2D eigenvalue weighted by molar-refractivity contribution is 5.76. The molecule has 104 valence electrons. The van der Waals surface area contributed by atoms with Gasteiger partial charge in [0.2, 0.25) is 11.8 Å². The van der Waals surface area contributed by atoms with E-state index in [2.05, 4.69) is 10.3 Å². The van der Waals surface area contributed by atoms with Crippen LogP contribution < -0.4 is 16.0 Å². The minimum Gasteiger partial charge on any atom is -0.494 e. The third-order valence-corrected chi connectivity index (χ3v) is 2.24. The summed E-state index contributed by atoms with van der Waals surface area (Å²) in [4.78, 5) is 26.2. The summed E-state index contributed by atoms with van der Waals surface area (Å²) in [6.07, 6.45) is 0.810. The summed E-state index contributed by atoms with van der Waals surface area (Å²) < 4.78 is 5.46. The maximum atomic E-state index is 11.2. The monoisotopic (exact) mass is 266 g/mol. The number of benzene rings is 1. The number of nitrogens with one attached hydrogen (secondary N) is 1. The number of rotatable bonds is 8. The van der Waals surface area contributed by atoms with Crippen LogP contribution >= 0.6 is 0 Å². The zero-order valence-corrected chi connectivity index (χ0v) is 10.8. The molecule has 0 fully saturated rings. The van der Waals surface area contributed by atoms with E-state index in [0.29, 0.717) is 13.0 Å². The van der Waals surface area contributed by atoms with E-state index >= 15 is 0 Å². The van der Waals surface area contributed by atoms with E-state index in [4.69, 9.17) is 10.5 Å². The van der Waals surface area contributed by atoms with Gasteiger partial charge in [-0.05, 0) is 25.5 Å². The van der Waals surface area contributed by atoms with Crippen molar-refractivity contribution in [3.63, 3.8) is 0 Å². The Morgan fingerprint density at radius 3 is 2.58 bits per heavy atom. The number of ether oxygens (including phenoxy) is 1. The molecule has 1 rings (SSSR count). The van der Waals surface area contributed by atoms with Gasteiger partial charge in [-0.25, -0.2) is 5.48 Å². The summed E-state index contributed by atoms with van der Waals surface area (Å²) in [5.41, 5.74) is 8.13. The Morgan fingerprint density at radius 2 is 1.95 bits per heavy atom. The lowest BCUT2D eigenvalue weighted by molar-refractivity contribution is -0.138. The molecule has 0 aliphatic rings. The van der Waals surface area contributed by atoms with Gasteiger partial charge in [0.15, 0.2) is 6.61 Å². The van der Waals surface area contributed by atoms with Crippen LogP contribution in [0.1, 0.15) is 18.4 Å². The van der Waals surface area contributed by atoms with E-state index in [1.165, 1.54) is 5.56 Å². The Labute approximate surface area is 111 Å². The highest BCUT2D eigenvalue weighted by Crippen LogP contribution is 2.11. The molecule has 19 heavy (non-hydrogen) atoms. The molecule has 6 nitrogen and oxygen atoms in total. The maximum absolute atomic E-state index is 11.2. The second-order valence-corrected chi connectivity index (χ2v) is 4.05. The molecule has 0 aromatic heterocycles. The van der Waals surface area contributed by atoms with E-state index in [-0.39, 0.29) is 18.9 Å². The third-order valence-electron chi connectivity index (χ3n) is 2.24. The van der Waals surface area contributed by atoms with Crippen molar-refractivity contribution in [1.82, 2.24) is 5.48 Å². The zero-order chi connectivity index (χ0) is 14.1. The highest BCUT2D eigenvalue weighted by Gasteiger charge is 2.02. The molecule has 0 bridgehead atoms. The van der Waals surface area contributed by atoms with Crippen molar-refractivity contribution >= 4 is 11.8 Å². The summed E-state index contributed by atoms with van der Waals surface area (Å²) in [6, 6.07) is 7.68. The van der Waals surface area contributed by atoms with E-state index in [1.54, 1.807) is 0 Å². The van der Waals surface area contributed by atoms with Gasteiger partial charge >= 0.3 is 0 Å². The van der Waals surface area contributed by atoms with Crippen LogP contribution in [0.25, 0.3) is 0 Å². The molecule has 0 aliphatic carbocycles. The molecule has 0 saturated carbocycles. The van der Waals surface area contributed by atoms with Crippen molar-refractivity contribution in [2.75, 3.05) is 13.2 Å². The van der Waals surface area contributed by atoms with Gasteiger partial charge in [-0.3, -0.25) is 14.4 Å². The number of amides is 2. The van der Waals surface area contributed by atoms with Crippen molar-refractivity contribution < 1.29 is 19.2 Å². The third kappa shape index (κ3) is 7.05. The van der Waals surface area contributed by atoms with E-state index < -0.39 is 5.91 Å². The zero-order valence-electron chi connectivity index (χ0n) is 10.8. The molecule has 2 amide bonds. The second kappa shape index (κ2) is 8.10. The SMILES string of the molecule is Cc1ccc(OCCCC(=O)NOCC(N)=O)cc1. The molecular weight excluding hydrogens is 248 g/mol. The Kier molecular flexibility index (Phi) is 6.38. The number of aryl methyl sites for hydroxylation is 1. The standard InChI is InChI=1S/C13H18N2O4/c1-10-4-6-11(7-5-10)18-8-2-3-13(17)15-19-9-12(14)16/h4-7H,2-3,8-9H2,1H3,(H2,14,16)(H,15,17). The summed E-state index contributed by atoms with van der Waals surface area (Å²) in [7, 11) is 0. The smallest absolute Gasteiger partial charge is 0.246 e. The molecule has 0 unspecified atom stereocenters. The molecule has 0 atom stereocenters. The van der Waals surface area contributed by atoms with Crippen LogP contribution in [0, 0.1) is 6.92 Å². The van der Waals surface area contributed by atoms with Gasteiger partial charge in [-0.1, -0.05) is 17.7 Å². The van der Waals surface area contributed by atoms with Crippen LogP contribution in [0.5, 0.6) is 5.75 Å². The Hall–Kier alpha value is -2.08. The number of hydroxylamine groups is 1. The number of nitrogens with two attached hydrogens (primary N) is 1. The van der Waals surface area contributed by atoms with Crippen molar-refractivity contribution in [1.29, 1.82) is 0 Å². The molecule has 0 radical (unpaired) electrons. The normalized spacial score (nSPS) is 9.95. The van der Waals surface area contributed by atoms with Gasteiger partial charge in [0.05, 0.1) is 6.61 Å². The van der Waals surface area contributed by atoms with Crippen molar-refractivity contribution in [2.24, 2.45) is 5.73 Å². The first-order valence-electron chi connectivity index (χ1n) is 5.96. The molecule has 3 N–H and O–H groups in total. The van der Waals surface area contributed by atoms with Gasteiger partial charge in [0, 0.05) is 6.42 Å². The first kappa shape index (κ1) is 15.0.